The fraction of sp³-hybridized carbons (Fsp3) is 0.286. The first-order chi connectivity index (χ1) is 14.0. The van der Waals surface area contributed by atoms with Crippen LogP contribution in [0.25, 0.3) is 5.65 Å². The number of halogens is 2. The molecule has 0 saturated heterocycles. The zero-order chi connectivity index (χ0) is 20.8. The molecule has 0 saturated carbocycles. The van der Waals surface area contributed by atoms with Crippen molar-refractivity contribution in [1.82, 2.24) is 14.7 Å². The zero-order valence-electron chi connectivity index (χ0n) is 16.0. The molecule has 0 spiro atoms. The summed E-state index contributed by atoms with van der Waals surface area (Å²) in [4.78, 5) is 28.9. The average Bonchev–Trinajstić information content (AvgIpc) is 3.03. The average molecular weight is 433 g/mol. The summed E-state index contributed by atoms with van der Waals surface area (Å²) in [6.45, 7) is 2.37. The van der Waals surface area contributed by atoms with Crippen LogP contribution in [0.15, 0.2) is 42.6 Å². The number of hydrogen-bond acceptors (Lipinski definition) is 3. The number of carbonyl (C=O) groups excluding carboxylic acids is 2. The molecular weight excluding hydrogens is 411 g/mol. The summed E-state index contributed by atoms with van der Waals surface area (Å²) in [6.07, 6.45) is 4.53. The largest absolute Gasteiger partial charge is 0.351 e. The summed E-state index contributed by atoms with van der Waals surface area (Å²) in [7, 11) is 0. The van der Waals surface area contributed by atoms with E-state index >= 15 is 0 Å². The van der Waals surface area contributed by atoms with Crippen molar-refractivity contribution in [2.45, 2.75) is 32.6 Å². The Balaban J connectivity index is 1.38. The number of hydrogen-bond donors (Lipinski definition) is 2. The minimum absolute atomic E-state index is 0.112. The van der Waals surface area contributed by atoms with Gasteiger partial charge in [0, 0.05) is 19.2 Å². The molecule has 0 fully saturated rings. The zero-order valence-corrected chi connectivity index (χ0v) is 17.6. The molecule has 152 valence electrons. The maximum absolute atomic E-state index is 12.5. The summed E-state index contributed by atoms with van der Waals surface area (Å²) in [5.41, 5.74) is 2.52. The predicted octanol–water partition coefficient (Wildman–Crippen LogP) is 4.88. The summed E-state index contributed by atoms with van der Waals surface area (Å²) >= 11 is 12.0. The molecule has 0 unspecified atom stereocenters. The number of amides is 2. The van der Waals surface area contributed by atoms with Gasteiger partial charge in [-0.1, -0.05) is 41.8 Å². The number of aromatic nitrogens is 2. The van der Waals surface area contributed by atoms with Crippen molar-refractivity contribution in [3.05, 3.63) is 64.0 Å². The van der Waals surface area contributed by atoms with Crippen LogP contribution in [-0.4, -0.2) is 27.7 Å². The normalized spacial score (nSPS) is 10.9. The first-order valence-corrected chi connectivity index (χ1v) is 10.2. The molecular formula is C21H22Cl2N4O2. The molecule has 2 aromatic heterocycles. The van der Waals surface area contributed by atoms with Crippen LogP contribution in [-0.2, 0) is 4.79 Å². The Labute approximate surface area is 179 Å². The quantitative estimate of drug-likeness (QED) is 0.498. The maximum Gasteiger partial charge on any atom is 0.270 e. The van der Waals surface area contributed by atoms with Gasteiger partial charge in [0.2, 0.25) is 5.91 Å². The van der Waals surface area contributed by atoms with Gasteiger partial charge in [-0.3, -0.25) is 14.0 Å². The lowest BCUT2D eigenvalue weighted by Crippen LogP contribution is -2.26. The topological polar surface area (TPSA) is 75.5 Å². The SMILES string of the molecule is Cc1nc2ccccn2c1C(=O)NCCCCCC(=O)Nc1cccc(Cl)c1Cl. The van der Waals surface area contributed by atoms with E-state index in [9.17, 15) is 9.59 Å². The number of carbonyl (C=O) groups is 2. The molecule has 3 aromatic rings. The number of unbranched alkanes of at least 4 members (excludes halogenated alkanes) is 2. The van der Waals surface area contributed by atoms with Gasteiger partial charge in [-0.15, -0.1) is 0 Å². The van der Waals surface area contributed by atoms with Crippen molar-refractivity contribution in [2.75, 3.05) is 11.9 Å². The minimum atomic E-state index is -0.144. The van der Waals surface area contributed by atoms with E-state index in [0.717, 1.165) is 18.5 Å². The van der Waals surface area contributed by atoms with Crippen LogP contribution >= 0.6 is 23.2 Å². The second-order valence-electron chi connectivity index (χ2n) is 6.69. The molecule has 2 heterocycles. The van der Waals surface area contributed by atoms with Gasteiger partial charge in [-0.05, 0) is 44.0 Å². The Hall–Kier alpha value is -2.57. The fourth-order valence-electron chi connectivity index (χ4n) is 3.07. The maximum atomic E-state index is 12.5. The van der Waals surface area contributed by atoms with Gasteiger partial charge in [0.15, 0.2) is 0 Å². The summed E-state index contributed by atoms with van der Waals surface area (Å²) in [5, 5.41) is 6.44. The number of benzene rings is 1. The van der Waals surface area contributed by atoms with Crippen molar-refractivity contribution in [3.63, 3.8) is 0 Å². The molecule has 2 amide bonds. The van der Waals surface area contributed by atoms with Gasteiger partial charge in [-0.2, -0.15) is 0 Å². The van der Waals surface area contributed by atoms with Gasteiger partial charge in [0.05, 0.1) is 21.4 Å². The van der Waals surface area contributed by atoms with Gasteiger partial charge in [0.25, 0.3) is 5.91 Å². The Kier molecular flexibility index (Phi) is 7.12. The van der Waals surface area contributed by atoms with Gasteiger partial charge in [0.1, 0.15) is 11.3 Å². The first-order valence-electron chi connectivity index (χ1n) is 9.43. The third-order valence-corrected chi connectivity index (χ3v) is 5.33. The lowest BCUT2D eigenvalue weighted by molar-refractivity contribution is -0.116. The molecule has 0 aliphatic rings. The van der Waals surface area contributed by atoms with Crippen LogP contribution in [0.3, 0.4) is 0 Å². The highest BCUT2D eigenvalue weighted by atomic mass is 35.5. The number of fused-ring (bicyclic) bond motifs is 1. The van der Waals surface area contributed by atoms with Crippen LogP contribution in [0.2, 0.25) is 10.0 Å². The van der Waals surface area contributed by atoms with Crippen molar-refractivity contribution < 1.29 is 9.59 Å². The Bertz CT molecular complexity index is 1030. The number of nitrogens with one attached hydrogen (secondary N) is 2. The van der Waals surface area contributed by atoms with E-state index in [1.165, 1.54) is 0 Å². The second kappa shape index (κ2) is 9.76. The molecule has 8 heteroatoms. The summed E-state index contributed by atoms with van der Waals surface area (Å²) < 4.78 is 1.79. The first kappa shape index (κ1) is 21.1. The van der Waals surface area contributed by atoms with Crippen LogP contribution in [0, 0.1) is 6.92 Å². The van der Waals surface area contributed by atoms with Crippen LogP contribution in [0.4, 0.5) is 5.69 Å². The lowest BCUT2D eigenvalue weighted by Gasteiger charge is -2.08. The standard InChI is InChI=1S/C21H22Cl2N4O2/c1-14-20(27-13-6-4-10-17(27)25-14)21(29)24-12-5-2-3-11-18(28)26-16-9-7-8-15(22)19(16)23/h4,6-10,13H,2-3,5,11-12H2,1H3,(H,24,29)(H,26,28). The number of pyridine rings is 1. The highest BCUT2D eigenvalue weighted by molar-refractivity contribution is 6.43. The Morgan fingerprint density at radius 1 is 1.07 bits per heavy atom. The summed E-state index contributed by atoms with van der Waals surface area (Å²) in [6, 6.07) is 10.7. The van der Waals surface area contributed by atoms with E-state index in [0.29, 0.717) is 46.5 Å². The van der Waals surface area contributed by atoms with E-state index in [2.05, 4.69) is 15.6 Å². The lowest BCUT2D eigenvalue weighted by atomic mass is 10.2. The van der Waals surface area contributed by atoms with Crippen LogP contribution in [0.1, 0.15) is 41.9 Å². The highest BCUT2D eigenvalue weighted by Crippen LogP contribution is 2.29. The molecule has 6 nitrogen and oxygen atoms in total. The predicted molar refractivity (Wildman–Crippen MR) is 116 cm³/mol. The van der Waals surface area contributed by atoms with Gasteiger partial charge < -0.3 is 10.6 Å². The Morgan fingerprint density at radius 3 is 2.72 bits per heavy atom. The van der Waals surface area contributed by atoms with E-state index < -0.39 is 0 Å². The molecule has 1 aromatic carbocycles. The third kappa shape index (κ3) is 5.28. The molecule has 0 atom stereocenters. The number of rotatable bonds is 8. The smallest absolute Gasteiger partial charge is 0.270 e. The number of aryl methyl sites for hydroxylation is 1. The molecule has 3 rings (SSSR count). The van der Waals surface area contributed by atoms with Crippen LogP contribution < -0.4 is 10.6 Å². The second-order valence-corrected chi connectivity index (χ2v) is 7.48. The highest BCUT2D eigenvalue weighted by Gasteiger charge is 2.15. The van der Waals surface area contributed by atoms with E-state index in [1.54, 1.807) is 22.6 Å². The van der Waals surface area contributed by atoms with E-state index in [4.69, 9.17) is 23.2 Å². The van der Waals surface area contributed by atoms with Crippen molar-refractivity contribution in [1.29, 1.82) is 0 Å². The minimum Gasteiger partial charge on any atom is -0.351 e. The van der Waals surface area contributed by atoms with Gasteiger partial charge >= 0.3 is 0 Å². The fourth-order valence-corrected chi connectivity index (χ4v) is 3.42. The molecule has 2 N–H and O–H groups in total. The van der Waals surface area contributed by atoms with Crippen molar-refractivity contribution in [3.8, 4) is 0 Å². The van der Waals surface area contributed by atoms with E-state index in [1.807, 2.05) is 31.3 Å². The van der Waals surface area contributed by atoms with E-state index in [-0.39, 0.29) is 11.8 Å². The molecule has 0 aliphatic carbocycles. The summed E-state index contributed by atoms with van der Waals surface area (Å²) in [5.74, 6) is -0.255. The third-order valence-electron chi connectivity index (χ3n) is 4.51. The van der Waals surface area contributed by atoms with Crippen molar-refractivity contribution >= 4 is 46.4 Å². The Morgan fingerprint density at radius 2 is 1.90 bits per heavy atom. The molecule has 29 heavy (non-hydrogen) atoms. The molecule has 0 aliphatic heterocycles. The number of imidazole rings is 1. The molecule has 0 radical (unpaired) electrons. The monoisotopic (exact) mass is 432 g/mol. The molecule has 0 bridgehead atoms. The number of nitrogens with zero attached hydrogens (tertiary/aromatic N) is 2. The number of anilines is 1. The van der Waals surface area contributed by atoms with Crippen LogP contribution in [0.5, 0.6) is 0 Å². The van der Waals surface area contributed by atoms with Gasteiger partial charge in [-0.25, -0.2) is 4.98 Å². The van der Waals surface area contributed by atoms with Crippen molar-refractivity contribution in [2.24, 2.45) is 0 Å².